The monoisotopic (exact) mass is 339 g/mol. The van der Waals surface area contributed by atoms with Crippen molar-refractivity contribution in [2.45, 2.75) is 19.3 Å². The van der Waals surface area contributed by atoms with Crippen LogP contribution in [0.25, 0.3) is 0 Å². The SMILES string of the molecule is COC(=O)c1cccc(CC2CCN(CCc3ccc(O)cc3)C2)c1. The molecule has 0 saturated carbocycles. The molecular formula is C21H25NO3. The Morgan fingerprint density at radius 3 is 2.76 bits per heavy atom. The number of esters is 1. The van der Waals surface area contributed by atoms with E-state index in [2.05, 4.69) is 11.0 Å². The standard InChI is InChI=1S/C21H25NO3/c1-25-21(24)19-4-2-3-17(14-19)13-18-10-12-22(15-18)11-9-16-5-7-20(23)8-6-16/h2-8,14,18,23H,9-13,15H2,1H3. The van der Waals surface area contributed by atoms with Crippen LogP contribution in [0.1, 0.15) is 27.9 Å². The van der Waals surface area contributed by atoms with Crippen molar-refractivity contribution >= 4 is 5.97 Å². The van der Waals surface area contributed by atoms with Crippen LogP contribution in [0, 0.1) is 5.92 Å². The van der Waals surface area contributed by atoms with Crippen LogP contribution in [-0.2, 0) is 17.6 Å². The Morgan fingerprint density at radius 2 is 2.00 bits per heavy atom. The highest BCUT2D eigenvalue weighted by atomic mass is 16.5. The second kappa shape index (κ2) is 8.17. The summed E-state index contributed by atoms with van der Waals surface area (Å²) in [6.45, 7) is 3.27. The molecule has 0 spiro atoms. The van der Waals surface area contributed by atoms with Crippen LogP contribution in [0.15, 0.2) is 48.5 Å². The van der Waals surface area contributed by atoms with Gasteiger partial charge in [-0.25, -0.2) is 4.79 Å². The van der Waals surface area contributed by atoms with Gasteiger partial charge in [-0.2, -0.15) is 0 Å². The van der Waals surface area contributed by atoms with Crippen molar-refractivity contribution < 1.29 is 14.6 Å². The Labute approximate surface area is 149 Å². The summed E-state index contributed by atoms with van der Waals surface area (Å²) < 4.78 is 4.80. The normalized spacial score (nSPS) is 17.6. The van der Waals surface area contributed by atoms with E-state index in [9.17, 15) is 9.90 Å². The van der Waals surface area contributed by atoms with Crippen LogP contribution in [-0.4, -0.2) is 42.7 Å². The van der Waals surface area contributed by atoms with Crippen molar-refractivity contribution in [1.82, 2.24) is 4.90 Å². The number of hydrogen-bond donors (Lipinski definition) is 1. The summed E-state index contributed by atoms with van der Waals surface area (Å²) in [4.78, 5) is 14.2. The number of methoxy groups -OCH3 is 1. The Kier molecular flexibility index (Phi) is 5.71. The average Bonchev–Trinajstić information content (AvgIpc) is 3.08. The smallest absolute Gasteiger partial charge is 0.337 e. The number of benzene rings is 2. The molecule has 1 fully saturated rings. The van der Waals surface area contributed by atoms with E-state index in [-0.39, 0.29) is 5.97 Å². The lowest BCUT2D eigenvalue weighted by molar-refractivity contribution is 0.0600. The third-order valence-corrected chi connectivity index (χ3v) is 4.90. The lowest BCUT2D eigenvalue weighted by Crippen LogP contribution is -2.23. The molecule has 4 nitrogen and oxygen atoms in total. The molecule has 4 heteroatoms. The lowest BCUT2D eigenvalue weighted by atomic mass is 9.97. The number of nitrogens with zero attached hydrogens (tertiary/aromatic N) is 1. The minimum Gasteiger partial charge on any atom is -0.508 e. The Balaban J connectivity index is 1.49. The molecule has 1 aliphatic rings. The predicted molar refractivity (Wildman–Crippen MR) is 97.8 cm³/mol. The van der Waals surface area contributed by atoms with E-state index >= 15 is 0 Å². The van der Waals surface area contributed by atoms with Gasteiger partial charge in [-0.3, -0.25) is 0 Å². The zero-order chi connectivity index (χ0) is 17.6. The molecule has 0 aromatic heterocycles. The number of carbonyl (C=O) groups is 1. The zero-order valence-electron chi connectivity index (χ0n) is 14.6. The molecule has 1 unspecified atom stereocenters. The Bertz CT molecular complexity index is 711. The fourth-order valence-electron chi connectivity index (χ4n) is 3.51. The predicted octanol–water partition coefficient (Wildman–Crippen LogP) is 3.29. The Morgan fingerprint density at radius 1 is 1.20 bits per heavy atom. The Hall–Kier alpha value is -2.33. The minimum atomic E-state index is -0.274. The molecule has 1 heterocycles. The first-order chi connectivity index (χ1) is 12.1. The molecule has 2 aromatic carbocycles. The van der Waals surface area contributed by atoms with E-state index in [1.165, 1.54) is 24.7 Å². The van der Waals surface area contributed by atoms with Gasteiger partial charge in [0.1, 0.15) is 5.75 Å². The van der Waals surface area contributed by atoms with Crippen molar-refractivity contribution in [3.63, 3.8) is 0 Å². The van der Waals surface area contributed by atoms with Crippen molar-refractivity contribution in [1.29, 1.82) is 0 Å². The van der Waals surface area contributed by atoms with Crippen molar-refractivity contribution in [3.05, 3.63) is 65.2 Å². The number of hydrogen-bond acceptors (Lipinski definition) is 4. The molecule has 1 aliphatic heterocycles. The molecule has 132 valence electrons. The van der Waals surface area contributed by atoms with Crippen LogP contribution >= 0.6 is 0 Å². The zero-order valence-corrected chi connectivity index (χ0v) is 14.6. The van der Waals surface area contributed by atoms with Crippen molar-refractivity contribution in [3.8, 4) is 5.75 Å². The first kappa shape index (κ1) is 17.5. The molecule has 2 aromatic rings. The van der Waals surface area contributed by atoms with Gasteiger partial charge in [-0.1, -0.05) is 24.3 Å². The summed E-state index contributed by atoms with van der Waals surface area (Å²) in [5.74, 6) is 0.677. The van der Waals surface area contributed by atoms with Gasteiger partial charge in [0.2, 0.25) is 0 Å². The quantitative estimate of drug-likeness (QED) is 0.821. The molecule has 25 heavy (non-hydrogen) atoms. The maximum Gasteiger partial charge on any atom is 0.337 e. The third-order valence-electron chi connectivity index (χ3n) is 4.90. The molecule has 1 atom stereocenters. The molecule has 1 saturated heterocycles. The molecule has 1 N–H and O–H groups in total. The van der Waals surface area contributed by atoms with E-state index < -0.39 is 0 Å². The van der Waals surface area contributed by atoms with Crippen LogP contribution in [0.3, 0.4) is 0 Å². The van der Waals surface area contributed by atoms with Crippen molar-refractivity contribution in [2.75, 3.05) is 26.7 Å². The highest BCUT2D eigenvalue weighted by Crippen LogP contribution is 2.22. The van der Waals surface area contributed by atoms with Gasteiger partial charge >= 0.3 is 5.97 Å². The fraction of sp³-hybridized carbons (Fsp3) is 0.381. The average molecular weight is 339 g/mol. The van der Waals surface area contributed by atoms with E-state index in [4.69, 9.17) is 4.74 Å². The number of ether oxygens (including phenoxy) is 1. The van der Waals surface area contributed by atoms with Gasteiger partial charge in [0.05, 0.1) is 12.7 Å². The molecule has 0 bridgehead atoms. The molecule has 0 aliphatic carbocycles. The molecule has 3 rings (SSSR count). The molecular weight excluding hydrogens is 314 g/mol. The summed E-state index contributed by atoms with van der Waals surface area (Å²) in [5.41, 5.74) is 3.09. The van der Waals surface area contributed by atoms with Gasteiger partial charge in [0, 0.05) is 13.1 Å². The van der Waals surface area contributed by atoms with Crippen LogP contribution in [0.4, 0.5) is 0 Å². The van der Waals surface area contributed by atoms with Crippen molar-refractivity contribution in [2.24, 2.45) is 5.92 Å². The lowest BCUT2D eigenvalue weighted by Gasteiger charge is -2.16. The highest BCUT2D eigenvalue weighted by Gasteiger charge is 2.22. The first-order valence-electron chi connectivity index (χ1n) is 8.81. The van der Waals surface area contributed by atoms with Crippen LogP contribution in [0.5, 0.6) is 5.75 Å². The van der Waals surface area contributed by atoms with Gasteiger partial charge in [0.15, 0.2) is 0 Å². The summed E-state index contributed by atoms with van der Waals surface area (Å²) >= 11 is 0. The van der Waals surface area contributed by atoms with Crippen LogP contribution in [0.2, 0.25) is 0 Å². The summed E-state index contributed by atoms with van der Waals surface area (Å²) in [6.07, 6.45) is 3.20. The summed E-state index contributed by atoms with van der Waals surface area (Å²) in [7, 11) is 1.41. The molecule has 0 radical (unpaired) electrons. The number of phenols is 1. The minimum absolute atomic E-state index is 0.274. The third kappa shape index (κ3) is 4.83. The number of carbonyl (C=O) groups excluding carboxylic acids is 1. The molecule has 0 amide bonds. The van der Waals surface area contributed by atoms with Gasteiger partial charge in [-0.05, 0) is 67.1 Å². The second-order valence-electron chi connectivity index (χ2n) is 6.77. The number of aromatic hydroxyl groups is 1. The number of phenolic OH excluding ortho intramolecular Hbond substituents is 1. The summed E-state index contributed by atoms with van der Waals surface area (Å²) in [6, 6.07) is 15.2. The maximum absolute atomic E-state index is 11.6. The fourth-order valence-corrected chi connectivity index (χ4v) is 3.51. The van der Waals surface area contributed by atoms with E-state index in [1.807, 2.05) is 24.3 Å². The first-order valence-corrected chi connectivity index (χ1v) is 8.81. The largest absolute Gasteiger partial charge is 0.508 e. The topological polar surface area (TPSA) is 49.8 Å². The van der Waals surface area contributed by atoms with Gasteiger partial charge < -0.3 is 14.7 Å². The number of rotatable bonds is 6. The van der Waals surface area contributed by atoms with E-state index in [1.54, 1.807) is 18.2 Å². The van der Waals surface area contributed by atoms with Crippen LogP contribution < -0.4 is 0 Å². The second-order valence-corrected chi connectivity index (χ2v) is 6.77. The summed E-state index contributed by atoms with van der Waals surface area (Å²) in [5, 5.41) is 9.34. The van der Waals surface area contributed by atoms with Gasteiger partial charge in [-0.15, -0.1) is 0 Å². The maximum atomic E-state index is 11.6. The highest BCUT2D eigenvalue weighted by molar-refractivity contribution is 5.89. The van der Waals surface area contributed by atoms with E-state index in [0.29, 0.717) is 17.2 Å². The van der Waals surface area contributed by atoms with Gasteiger partial charge in [0.25, 0.3) is 0 Å². The number of likely N-dealkylation sites (tertiary alicyclic amines) is 1. The van der Waals surface area contributed by atoms with E-state index in [0.717, 1.165) is 32.5 Å².